The highest BCUT2D eigenvalue weighted by Gasteiger charge is 2.30. The number of halogens is 2. The largest absolute Gasteiger partial charge is 0.486 e. The van der Waals surface area contributed by atoms with Crippen molar-refractivity contribution in [2.45, 2.75) is 13.5 Å². The zero-order valence-electron chi connectivity index (χ0n) is 13.9. The maximum absolute atomic E-state index is 12.3. The molecule has 2 aromatic rings. The third kappa shape index (κ3) is 4.23. The molecular formula is C19H15Cl2NO2S2. The number of ether oxygens (including phenoxy) is 1. The smallest absolute Gasteiger partial charge is 0.266 e. The van der Waals surface area contributed by atoms with Gasteiger partial charge in [0.2, 0.25) is 0 Å². The number of benzene rings is 2. The Labute approximate surface area is 171 Å². The van der Waals surface area contributed by atoms with Gasteiger partial charge in [0.15, 0.2) is 5.75 Å². The fraction of sp³-hybridized carbons (Fsp3) is 0.158. The van der Waals surface area contributed by atoms with E-state index in [1.807, 2.05) is 37.3 Å². The number of carbonyl (C=O) groups is 1. The second-order valence-electron chi connectivity index (χ2n) is 5.51. The van der Waals surface area contributed by atoms with E-state index in [-0.39, 0.29) is 5.91 Å². The molecule has 1 amide bonds. The van der Waals surface area contributed by atoms with Crippen molar-refractivity contribution in [1.82, 2.24) is 4.90 Å². The van der Waals surface area contributed by atoms with Crippen LogP contribution in [0.4, 0.5) is 0 Å². The predicted molar refractivity (Wildman–Crippen MR) is 113 cm³/mol. The van der Waals surface area contributed by atoms with E-state index in [1.54, 1.807) is 23.1 Å². The van der Waals surface area contributed by atoms with E-state index in [1.165, 1.54) is 11.8 Å². The third-order valence-electron chi connectivity index (χ3n) is 3.73. The molecule has 7 heteroatoms. The number of nitrogens with zero attached hydrogens (tertiary/aromatic N) is 1. The lowest BCUT2D eigenvalue weighted by atomic mass is 10.2. The molecule has 0 radical (unpaired) electrons. The first-order chi connectivity index (χ1) is 12.5. The van der Waals surface area contributed by atoms with E-state index in [0.717, 1.165) is 11.1 Å². The Morgan fingerprint density at radius 2 is 1.85 bits per heavy atom. The minimum Gasteiger partial charge on any atom is -0.486 e. The van der Waals surface area contributed by atoms with Gasteiger partial charge in [-0.05, 0) is 36.3 Å². The lowest BCUT2D eigenvalue weighted by Crippen LogP contribution is -2.27. The molecule has 0 unspecified atom stereocenters. The molecule has 3 nitrogen and oxygen atoms in total. The average Bonchev–Trinajstić information content (AvgIpc) is 2.88. The molecule has 0 aliphatic carbocycles. The van der Waals surface area contributed by atoms with Crippen LogP contribution < -0.4 is 4.74 Å². The van der Waals surface area contributed by atoms with E-state index in [0.29, 0.717) is 38.2 Å². The van der Waals surface area contributed by atoms with E-state index in [9.17, 15) is 4.79 Å². The van der Waals surface area contributed by atoms with Crippen LogP contribution in [0.15, 0.2) is 47.4 Å². The number of rotatable bonds is 5. The van der Waals surface area contributed by atoms with Gasteiger partial charge in [-0.25, -0.2) is 0 Å². The van der Waals surface area contributed by atoms with E-state index in [2.05, 4.69) is 0 Å². The first-order valence-corrected chi connectivity index (χ1v) is 9.88. The van der Waals surface area contributed by atoms with Crippen molar-refractivity contribution in [1.29, 1.82) is 0 Å². The molecule has 1 aliphatic heterocycles. The van der Waals surface area contributed by atoms with Gasteiger partial charge in [0.05, 0.1) is 15.0 Å². The Bertz CT molecular complexity index is 861. The molecule has 2 aromatic carbocycles. The van der Waals surface area contributed by atoms with Gasteiger partial charge in [0, 0.05) is 6.54 Å². The Morgan fingerprint density at radius 1 is 1.19 bits per heavy atom. The highest BCUT2D eigenvalue weighted by molar-refractivity contribution is 8.26. The molecule has 0 bridgehead atoms. The Morgan fingerprint density at radius 3 is 2.42 bits per heavy atom. The summed E-state index contributed by atoms with van der Waals surface area (Å²) in [6.07, 6.45) is 1.74. The van der Waals surface area contributed by atoms with Crippen molar-refractivity contribution in [3.05, 3.63) is 68.5 Å². The second kappa shape index (κ2) is 8.44. The highest BCUT2D eigenvalue weighted by Crippen LogP contribution is 2.37. The molecule has 0 saturated carbocycles. The maximum atomic E-state index is 12.3. The summed E-state index contributed by atoms with van der Waals surface area (Å²) < 4.78 is 6.32. The van der Waals surface area contributed by atoms with Crippen LogP contribution in [0, 0.1) is 0 Å². The standard InChI is InChI=1S/C19H15Cl2NO2S2/c1-2-22-18(23)16(26-19(22)25)10-13-8-14(20)17(15(21)9-13)24-11-12-6-4-3-5-7-12/h3-10H,2,11H2,1H3/b16-10-. The zero-order chi connectivity index (χ0) is 18.7. The van der Waals surface area contributed by atoms with Gasteiger partial charge in [-0.15, -0.1) is 0 Å². The Kier molecular flexibility index (Phi) is 6.24. The average molecular weight is 424 g/mol. The van der Waals surface area contributed by atoms with Crippen molar-refractivity contribution in [3.8, 4) is 5.75 Å². The number of likely N-dealkylation sites (N-methyl/N-ethyl adjacent to an activating group) is 1. The Hall–Kier alpha value is -1.53. The number of amides is 1. The fourth-order valence-electron chi connectivity index (χ4n) is 2.45. The normalized spacial score (nSPS) is 15.8. The summed E-state index contributed by atoms with van der Waals surface area (Å²) in [4.78, 5) is 14.4. The highest BCUT2D eigenvalue weighted by atomic mass is 35.5. The maximum Gasteiger partial charge on any atom is 0.266 e. The van der Waals surface area contributed by atoms with Crippen molar-refractivity contribution < 1.29 is 9.53 Å². The van der Waals surface area contributed by atoms with Crippen molar-refractivity contribution in [3.63, 3.8) is 0 Å². The van der Waals surface area contributed by atoms with E-state index < -0.39 is 0 Å². The summed E-state index contributed by atoms with van der Waals surface area (Å²) >= 11 is 19.2. The van der Waals surface area contributed by atoms with Gasteiger partial charge >= 0.3 is 0 Å². The second-order valence-corrected chi connectivity index (χ2v) is 8.00. The van der Waals surface area contributed by atoms with E-state index >= 15 is 0 Å². The van der Waals surface area contributed by atoms with Crippen LogP contribution in [-0.2, 0) is 11.4 Å². The molecule has 0 aromatic heterocycles. The lowest BCUT2D eigenvalue weighted by molar-refractivity contribution is -0.121. The first kappa shape index (κ1) is 19.2. The molecule has 26 heavy (non-hydrogen) atoms. The fourth-order valence-corrected chi connectivity index (χ4v) is 4.45. The summed E-state index contributed by atoms with van der Waals surface area (Å²) in [6, 6.07) is 13.2. The van der Waals surface area contributed by atoms with Gasteiger partial charge < -0.3 is 4.74 Å². The quantitative estimate of drug-likeness (QED) is 0.449. The summed E-state index contributed by atoms with van der Waals surface area (Å²) in [6.45, 7) is 2.81. The van der Waals surface area contributed by atoms with Crippen molar-refractivity contribution in [2.75, 3.05) is 6.54 Å². The topological polar surface area (TPSA) is 29.5 Å². The van der Waals surface area contributed by atoms with E-state index in [4.69, 9.17) is 40.2 Å². The molecule has 134 valence electrons. The Balaban J connectivity index is 1.80. The van der Waals surface area contributed by atoms with Crippen LogP contribution in [0.2, 0.25) is 10.0 Å². The summed E-state index contributed by atoms with van der Waals surface area (Å²) in [7, 11) is 0. The molecule has 3 rings (SSSR count). The van der Waals surface area contributed by atoms with Crippen LogP contribution in [0.5, 0.6) is 5.75 Å². The molecule has 0 N–H and O–H groups in total. The molecule has 1 saturated heterocycles. The minimum absolute atomic E-state index is 0.0980. The number of hydrogen-bond donors (Lipinski definition) is 0. The van der Waals surface area contributed by atoms with Crippen molar-refractivity contribution in [2.24, 2.45) is 0 Å². The third-order valence-corrected chi connectivity index (χ3v) is 5.67. The van der Waals surface area contributed by atoms with Crippen molar-refractivity contribution >= 4 is 63.5 Å². The number of hydrogen-bond acceptors (Lipinski definition) is 4. The number of carbonyl (C=O) groups excluding carboxylic acids is 1. The van der Waals surface area contributed by atoms with Gasteiger partial charge in [-0.1, -0.05) is 77.5 Å². The molecule has 0 spiro atoms. The molecule has 1 heterocycles. The van der Waals surface area contributed by atoms with Gasteiger partial charge in [-0.2, -0.15) is 0 Å². The van der Waals surface area contributed by atoms with Gasteiger partial charge in [-0.3, -0.25) is 9.69 Å². The van der Waals surface area contributed by atoms with Crippen LogP contribution in [0.25, 0.3) is 6.08 Å². The van der Waals surface area contributed by atoms with Crippen LogP contribution in [0.3, 0.4) is 0 Å². The molecule has 0 atom stereocenters. The SMILES string of the molecule is CCN1C(=O)/C(=C/c2cc(Cl)c(OCc3ccccc3)c(Cl)c2)SC1=S. The monoisotopic (exact) mass is 423 g/mol. The summed E-state index contributed by atoms with van der Waals surface area (Å²) in [5.74, 6) is 0.328. The zero-order valence-corrected chi connectivity index (χ0v) is 17.0. The van der Waals surface area contributed by atoms with Gasteiger partial charge in [0.25, 0.3) is 5.91 Å². The van der Waals surface area contributed by atoms with Crippen LogP contribution in [-0.4, -0.2) is 21.7 Å². The number of thiocarbonyl (C=S) groups is 1. The van der Waals surface area contributed by atoms with Crippen LogP contribution in [0.1, 0.15) is 18.1 Å². The van der Waals surface area contributed by atoms with Crippen LogP contribution >= 0.6 is 47.2 Å². The molecule has 1 aliphatic rings. The number of thioether (sulfide) groups is 1. The minimum atomic E-state index is -0.0980. The van der Waals surface area contributed by atoms with Gasteiger partial charge in [0.1, 0.15) is 10.9 Å². The summed E-state index contributed by atoms with van der Waals surface area (Å²) in [5.41, 5.74) is 1.75. The molecular weight excluding hydrogens is 409 g/mol. The molecule has 1 fully saturated rings. The first-order valence-electron chi connectivity index (χ1n) is 7.90. The predicted octanol–water partition coefficient (Wildman–Crippen LogP) is 5.79. The lowest BCUT2D eigenvalue weighted by Gasteiger charge is -2.11. The summed E-state index contributed by atoms with van der Waals surface area (Å²) in [5, 5.41) is 0.788.